The zero-order valence-corrected chi connectivity index (χ0v) is 28.1. The van der Waals surface area contributed by atoms with Gasteiger partial charge in [0.25, 0.3) is 0 Å². The number of aromatic nitrogens is 1. The van der Waals surface area contributed by atoms with Crippen LogP contribution >= 0.6 is 11.3 Å². The number of likely N-dealkylation sites (N-methyl/N-ethyl adjacent to an activating group) is 1. The van der Waals surface area contributed by atoms with Crippen LogP contribution in [0.15, 0.2) is 24.3 Å². The fourth-order valence-corrected chi connectivity index (χ4v) is 9.61. The Morgan fingerprint density at radius 1 is 0.909 bits per heavy atom. The maximum absolute atomic E-state index is 14.0. The van der Waals surface area contributed by atoms with E-state index in [-0.39, 0.29) is 5.92 Å². The fourth-order valence-electron chi connectivity index (χ4n) is 8.43. The van der Waals surface area contributed by atoms with Gasteiger partial charge < -0.3 is 24.6 Å². The molecule has 44 heavy (non-hydrogen) atoms. The normalized spacial score (nSPS) is 24.7. The van der Waals surface area contributed by atoms with Crippen LogP contribution in [0.3, 0.4) is 0 Å². The number of likely N-dealkylation sites (tertiary alicyclic amines) is 1. The number of hydrogen-bond acceptors (Lipinski definition) is 5. The van der Waals surface area contributed by atoms with Crippen LogP contribution in [0.5, 0.6) is 0 Å². The number of nitrogens with one attached hydrogen (secondary N) is 1. The van der Waals surface area contributed by atoms with E-state index in [2.05, 4.69) is 83.6 Å². The number of H-pyrrole nitrogens is 1. The van der Waals surface area contributed by atoms with Crippen molar-refractivity contribution in [2.24, 2.45) is 5.92 Å². The molecular weight excluding hydrogens is 566 g/mol. The molecule has 0 saturated carbocycles. The van der Waals surface area contributed by atoms with E-state index >= 15 is 0 Å². The second-order valence-corrected chi connectivity index (χ2v) is 15.7. The van der Waals surface area contributed by atoms with Crippen molar-refractivity contribution in [2.75, 3.05) is 52.9 Å². The Morgan fingerprint density at radius 3 is 2.23 bits per heavy atom. The number of amides is 2. The van der Waals surface area contributed by atoms with Crippen molar-refractivity contribution in [1.29, 1.82) is 0 Å². The van der Waals surface area contributed by atoms with Crippen molar-refractivity contribution in [1.82, 2.24) is 24.6 Å². The smallest absolute Gasteiger partial charge is 0.233 e. The van der Waals surface area contributed by atoms with Crippen LogP contribution in [0.25, 0.3) is 21.5 Å². The number of aryl methyl sites for hydroxylation is 2. The van der Waals surface area contributed by atoms with Crippen molar-refractivity contribution >= 4 is 33.4 Å². The third-order valence-corrected chi connectivity index (χ3v) is 12.4. The van der Waals surface area contributed by atoms with Gasteiger partial charge in [0.15, 0.2) is 0 Å². The van der Waals surface area contributed by atoms with Crippen LogP contribution in [-0.4, -0.2) is 101 Å². The lowest BCUT2D eigenvalue weighted by molar-refractivity contribution is -0.137. The maximum Gasteiger partial charge on any atom is 0.233 e. The summed E-state index contributed by atoms with van der Waals surface area (Å²) in [6.45, 7) is 15.0. The van der Waals surface area contributed by atoms with Crippen LogP contribution in [0.4, 0.5) is 0 Å². The van der Waals surface area contributed by atoms with Gasteiger partial charge in [-0.1, -0.05) is 17.2 Å². The first-order valence-electron chi connectivity index (χ1n) is 16.8. The minimum atomic E-state index is -0.543. The summed E-state index contributed by atoms with van der Waals surface area (Å²) in [5.41, 5.74) is 5.76. The molecule has 8 heteroatoms. The number of aromatic amines is 1. The highest BCUT2D eigenvalue weighted by Crippen LogP contribution is 2.44. The Kier molecular flexibility index (Phi) is 7.91. The van der Waals surface area contributed by atoms with Gasteiger partial charge >= 0.3 is 0 Å². The summed E-state index contributed by atoms with van der Waals surface area (Å²) in [6.07, 6.45) is 6.53. The lowest BCUT2D eigenvalue weighted by atomic mass is 9.88. The zero-order chi connectivity index (χ0) is 30.7. The van der Waals surface area contributed by atoms with Gasteiger partial charge in [-0.15, -0.1) is 11.3 Å². The number of carbonyl (C=O) groups excluding carboxylic acids is 2. The van der Waals surface area contributed by atoms with Crippen LogP contribution in [0, 0.1) is 19.8 Å². The van der Waals surface area contributed by atoms with Gasteiger partial charge in [0.2, 0.25) is 11.8 Å². The molecule has 6 heterocycles. The minimum Gasteiger partial charge on any atom is -0.346 e. The molecule has 2 bridgehead atoms. The fraction of sp³-hybridized carbons (Fsp3) is 0.611. The van der Waals surface area contributed by atoms with Crippen LogP contribution in [0.1, 0.15) is 67.5 Å². The van der Waals surface area contributed by atoms with Crippen LogP contribution in [-0.2, 0) is 21.4 Å². The summed E-state index contributed by atoms with van der Waals surface area (Å²) in [5.74, 6) is 0.765. The molecule has 3 aromatic rings. The van der Waals surface area contributed by atoms with Crippen LogP contribution < -0.4 is 0 Å². The largest absolute Gasteiger partial charge is 0.346 e. The van der Waals surface area contributed by atoms with E-state index in [9.17, 15) is 9.59 Å². The standard InChI is InChI=1S/C36H49N5O2S/c1-23-18-24(2)20-26(19-23)32-29(11-13-39-12-10-25(22-39)34(42)40-16-14-38(5)15-17-40)30-21-31(44-33(30)37-32)36(3,4)35(43)41-27-6-7-28(41)9-8-27/h18-21,25,27-28,37H,6-17,22H2,1-5H3. The molecule has 7 nitrogen and oxygen atoms in total. The van der Waals surface area contributed by atoms with Crippen molar-refractivity contribution in [2.45, 2.75) is 83.7 Å². The van der Waals surface area contributed by atoms with E-state index < -0.39 is 5.41 Å². The highest BCUT2D eigenvalue weighted by Gasteiger charge is 2.47. The minimum absolute atomic E-state index is 0.115. The molecule has 4 aliphatic heterocycles. The Morgan fingerprint density at radius 2 is 1.57 bits per heavy atom. The molecule has 4 aliphatic rings. The predicted octanol–water partition coefficient (Wildman–Crippen LogP) is 5.58. The Bertz CT molecular complexity index is 1520. The summed E-state index contributed by atoms with van der Waals surface area (Å²) in [6, 6.07) is 9.99. The third kappa shape index (κ3) is 5.41. The molecule has 4 fully saturated rings. The monoisotopic (exact) mass is 615 g/mol. The molecular formula is C36H49N5O2S. The Balaban J connectivity index is 1.14. The van der Waals surface area contributed by atoms with Crippen LogP contribution in [0.2, 0.25) is 0 Å². The van der Waals surface area contributed by atoms with E-state index in [0.717, 1.165) is 63.5 Å². The number of nitrogens with zero attached hydrogens (tertiary/aromatic N) is 4. The summed E-state index contributed by atoms with van der Waals surface area (Å²) in [7, 11) is 2.13. The lowest BCUT2D eigenvalue weighted by Gasteiger charge is -2.34. The van der Waals surface area contributed by atoms with Gasteiger partial charge in [0.1, 0.15) is 4.83 Å². The molecule has 7 rings (SSSR count). The Hall–Kier alpha value is -2.68. The number of rotatable bonds is 7. The molecule has 0 aliphatic carbocycles. The number of carbonyl (C=O) groups is 2. The number of benzene rings is 1. The zero-order valence-electron chi connectivity index (χ0n) is 27.2. The highest BCUT2D eigenvalue weighted by atomic mass is 32.1. The molecule has 1 unspecified atom stereocenters. The van der Waals surface area contributed by atoms with E-state index in [1.54, 1.807) is 11.3 Å². The average molecular weight is 616 g/mol. The molecule has 0 radical (unpaired) electrons. The summed E-state index contributed by atoms with van der Waals surface area (Å²) in [4.78, 5) is 42.5. The number of hydrogen-bond donors (Lipinski definition) is 1. The van der Waals surface area contributed by atoms with E-state index in [0.29, 0.717) is 23.9 Å². The van der Waals surface area contributed by atoms with Crippen molar-refractivity contribution in [3.05, 3.63) is 45.8 Å². The second-order valence-electron chi connectivity index (χ2n) is 14.7. The van der Waals surface area contributed by atoms with Gasteiger partial charge in [-0.2, -0.15) is 0 Å². The number of thiophene rings is 1. The molecule has 1 N–H and O–H groups in total. The third-order valence-electron chi connectivity index (χ3n) is 11.1. The molecule has 1 atom stereocenters. The van der Waals surface area contributed by atoms with Crippen molar-refractivity contribution < 1.29 is 9.59 Å². The van der Waals surface area contributed by atoms with Crippen molar-refractivity contribution in [3.63, 3.8) is 0 Å². The average Bonchev–Trinajstić information content (AvgIpc) is 3.82. The second kappa shape index (κ2) is 11.6. The molecule has 0 spiro atoms. The van der Waals surface area contributed by atoms with Gasteiger partial charge in [-0.05, 0) is 109 Å². The molecule has 1 aromatic carbocycles. The topological polar surface area (TPSA) is 62.9 Å². The Labute approximate surface area is 266 Å². The van der Waals surface area contributed by atoms with Gasteiger partial charge in [0.05, 0.1) is 17.0 Å². The first-order valence-corrected chi connectivity index (χ1v) is 17.7. The molecule has 2 amide bonds. The molecule has 2 aromatic heterocycles. The van der Waals surface area contributed by atoms with Gasteiger partial charge in [-0.25, -0.2) is 0 Å². The SMILES string of the molecule is Cc1cc(C)cc(-c2[nH]c3sc(C(C)(C)C(=O)N4C5CCC4CC5)cc3c2CCN2CCC(C(=O)N3CCN(C)CC3)C2)c1. The highest BCUT2D eigenvalue weighted by molar-refractivity contribution is 7.19. The maximum atomic E-state index is 14.0. The number of fused-ring (bicyclic) bond motifs is 3. The van der Waals surface area contributed by atoms with E-state index in [1.807, 2.05) is 0 Å². The first kappa shape index (κ1) is 30.0. The summed E-state index contributed by atoms with van der Waals surface area (Å²) < 4.78 is 0. The lowest BCUT2D eigenvalue weighted by Crippen LogP contribution is -2.49. The molecule has 4 saturated heterocycles. The van der Waals surface area contributed by atoms with E-state index in [4.69, 9.17) is 0 Å². The quantitative estimate of drug-likeness (QED) is 0.377. The first-order chi connectivity index (χ1) is 21.1. The number of piperazine rings is 1. The predicted molar refractivity (Wildman–Crippen MR) is 179 cm³/mol. The summed E-state index contributed by atoms with van der Waals surface area (Å²) in [5, 5.41) is 1.26. The van der Waals surface area contributed by atoms with E-state index in [1.165, 1.54) is 63.8 Å². The van der Waals surface area contributed by atoms with Gasteiger partial charge in [0, 0.05) is 61.6 Å². The van der Waals surface area contributed by atoms with Crippen molar-refractivity contribution in [3.8, 4) is 11.3 Å². The molecule has 236 valence electrons. The van der Waals surface area contributed by atoms with Gasteiger partial charge in [-0.3, -0.25) is 9.59 Å². The summed E-state index contributed by atoms with van der Waals surface area (Å²) >= 11 is 1.76.